The summed E-state index contributed by atoms with van der Waals surface area (Å²) in [6, 6.07) is 4.89. The molecule has 0 amide bonds. The second-order valence-electron chi connectivity index (χ2n) is 3.68. The zero-order chi connectivity index (χ0) is 13.5. The molecule has 0 spiro atoms. The first-order chi connectivity index (χ1) is 8.56. The van der Waals surface area contributed by atoms with E-state index in [1.807, 2.05) is 6.07 Å². The van der Waals surface area contributed by atoms with Crippen molar-refractivity contribution >= 4 is 27.6 Å². The summed E-state index contributed by atoms with van der Waals surface area (Å²) >= 11 is 3.02. The van der Waals surface area contributed by atoms with Crippen LogP contribution >= 0.6 is 15.9 Å². The first-order valence-corrected chi connectivity index (χ1v) is 6.19. The Morgan fingerprint density at radius 1 is 1.50 bits per heavy atom. The van der Waals surface area contributed by atoms with Crippen LogP contribution < -0.4 is 5.32 Å². The SMILES string of the molecule is N#Cc1ccc(NCCCCC(=O)O)c(F)c1Br. The van der Waals surface area contributed by atoms with Crippen molar-refractivity contribution in [2.24, 2.45) is 0 Å². The molecule has 0 fully saturated rings. The van der Waals surface area contributed by atoms with Crippen molar-refractivity contribution in [3.05, 3.63) is 28.0 Å². The molecule has 1 rings (SSSR count). The number of nitrogens with zero attached hydrogens (tertiary/aromatic N) is 1. The molecule has 4 nitrogen and oxygen atoms in total. The van der Waals surface area contributed by atoms with Crippen LogP contribution in [-0.4, -0.2) is 17.6 Å². The summed E-state index contributed by atoms with van der Waals surface area (Å²) in [6.45, 7) is 0.489. The zero-order valence-corrected chi connectivity index (χ0v) is 11.1. The molecule has 0 saturated carbocycles. The molecule has 0 atom stereocenters. The summed E-state index contributed by atoms with van der Waals surface area (Å²) in [5, 5.41) is 20.0. The van der Waals surface area contributed by atoms with Crippen molar-refractivity contribution in [3.63, 3.8) is 0 Å². The maximum atomic E-state index is 13.7. The number of aliphatic carboxylic acids is 1. The number of anilines is 1. The van der Waals surface area contributed by atoms with Gasteiger partial charge < -0.3 is 10.4 Å². The first kappa shape index (κ1) is 14.5. The molecule has 0 radical (unpaired) electrons. The van der Waals surface area contributed by atoms with Gasteiger partial charge in [-0.25, -0.2) is 4.39 Å². The lowest BCUT2D eigenvalue weighted by Gasteiger charge is -2.08. The van der Waals surface area contributed by atoms with Crippen LogP contribution in [0.2, 0.25) is 0 Å². The van der Waals surface area contributed by atoms with E-state index in [-0.39, 0.29) is 16.5 Å². The molecule has 0 bridgehead atoms. The molecule has 18 heavy (non-hydrogen) atoms. The molecule has 0 saturated heterocycles. The Kier molecular flexibility index (Phi) is 5.59. The Morgan fingerprint density at radius 3 is 2.83 bits per heavy atom. The molecule has 0 aromatic heterocycles. The topological polar surface area (TPSA) is 73.1 Å². The van der Waals surface area contributed by atoms with Crippen LogP contribution in [0.15, 0.2) is 16.6 Å². The van der Waals surface area contributed by atoms with Crippen molar-refractivity contribution in [1.82, 2.24) is 0 Å². The minimum absolute atomic E-state index is 0.112. The summed E-state index contributed by atoms with van der Waals surface area (Å²) in [7, 11) is 0. The van der Waals surface area contributed by atoms with Crippen LogP contribution in [0, 0.1) is 17.1 Å². The Balaban J connectivity index is 2.51. The summed E-state index contributed by atoms with van der Waals surface area (Å²) in [5.74, 6) is -1.34. The number of nitriles is 1. The number of carboxylic acids is 1. The first-order valence-electron chi connectivity index (χ1n) is 5.40. The molecule has 0 aliphatic rings. The molecular formula is C12H12BrFN2O2. The normalized spacial score (nSPS) is 9.83. The average molecular weight is 315 g/mol. The molecule has 0 unspecified atom stereocenters. The van der Waals surface area contributed by atoms with Crippen LogP contribution in [-0.2, 0) is 4.79 Å². The van der Waals surface area contributed by atoms with E-state index in [2.05, 4.69) is 21.2 Å². The van der Waals surface area contributed by atoms with Crippen LogP contribution in [0.25, 0.3) is 0 Å². The molecule has 0 aliphatic carbocycles. The van der Waals surface area contributed by atoms with Crippen molar-refractivity contribution in [3.8, 4) is 6.07 Å². The Labute approximate surface area is 113 Å². The standard InChI is InChI=1S/C12H12BrFN2O2/c13-11-8(7-15)4-5-9(12(11)14)16-6-2-1-3-10(17)18/h4-5,16H,1-3,6H2,(H,17,18). The highest BCUT2D eigenvalue weighted by Crippen LogP contribution is 2.26. The van der Waals surface area contributed by atoms with Crippen LogP contribution in [0.4, 0.5) is 10.1 Å². The van der Waals surface area contributed by atoms with Gasteiger partial charge in [-0.15, -0.1) is 0 Å². The maximum Gasteiger partial charge on any atom is 0.303 e. The zero-order valence-electron chi connectivity index (χ0n) is 9.54. The third kappa shape index (κ3) is 4.00. The van der Waals surface area contributed by atoms with E-state index in [1.165, 1.54) is 12.1 Å². The third-order valence-electron chi connectivity index (χ3n) is 2.34. The minimum Gasteiger partial charge on any atom is -0.481 e. The Morgan fingerprint density at radius 2 is 2.22 bits per heavy atom. The van der Waals surface area contributed by atoms with Crippen LogP contribution in [0.5, 0.6) is 0 Å². The summed E-state index contributed by atoms with van der Waals surface area (Å²) in [6.07, 6.45) is 1.30. The van der Waals surface area contributed by atoms with Crippen molar-refractivity contribution in [2.45, 2.75) is 19.3 Å². The fraction of sp³-hybridized carbons (Fsp3) is 0.333. The Bertz CT molecular complexity index is 486. The monoisotopic (exact) mass is 314 g/mol. The molecule has 6 heteroatoms. The molecular weight excluding hydrogens is 303 g/mol. The lowest BCUT2D eigenvalue weighted by molar-refractivity contribution is -0.137. The molecule has 96 valence electrons. The van der Waals surface area contributed by atoms with Gasteiger partial charge >= 0.3 is 5.97 Å². The number of benzene rings is 1. The largest absolute Gasteiger partial charge is 0.481 e. The number of nitrogens with one attached hydrogen (secondary N) is 1. The van der Waals surface area contributed by atoms with Gasteiger partial charge in [-0.3, -0.25) is 4.79 Å². The fourth-order valence-electron chi connectivity index (χ4n) is 1.40. The number of hydrogen-bond donors (Lipinski definition) is 2. The number of hydrogen-bond acceptors (Lipinski definition) is 3. The van der Waals surface area contributed by atoms with Gasteiger partial charge in [0.25, 0.3) is 0 Å². The van der Waals surface area contributed by atoms with Gasteiger partial charge in [-0.1, -0.05) is 0 Å². The third-order valence-corrected chi connectivity index (χ3v) is 3.11. The lowest BCUT2D eigenvalue weighted by atomic mass is 10.2. The van der Waals surface area contributed by atoms with Crippen LogP contribution in [0.1, 0.15) is 24.8 Å². The van der Waals surface area contributed by atoms with E-state index in [0.29, 0.717) is 25.1 Å². The number of carbonyl (C=O) groups is 1. The highest BCUT2D eigenvalue weighted by molar-refractivity contribution is 9.10. The van der Waals surface area contributed by atoms with Gasteiger partial charge in [0, 0.05) is 13.0 Å². The van der Waals surface area contributed by atoms with Gasteiger partial charge in [-0.05, 0) is 40.9 Å². The van der Waals surface area contributed by atoms with E-state index < -0.39 is 11.8 Å². The minimum atomic E-state index is -0.831. The highest BCUT2D eigenvalue weighted by Gasteiger charge is 2.10. The highest BCUT2D eigenvalue weighted by atomic mass is 79.9. The van der Waals surface area contributed by atoms with Gasteiger partial charge in [-0.2, -0.15) is 5.26 Å². The molecule has 0 heterocycles. The van der Waals surface area contributed by atoms with E-state index >= 15 is 0 Å². The van der Waals surface area contributed by atoms with Crippen LogP contribution in [0.3, 0.4) is 0 Å². The van der Waals surface area contributed by atoms with E-state index in [9.17, 15) is 9.18 Å². The fourth-order valence-corrected chi connectivity index (χ4v) is 1.83. The number of halogens is 2. The van der Waals surface area contributed by atoms with Crippen molar-refractivity contribution < 1.29 is 14.3 Å². The van der Waals surface area contributed by atoms with Crippen molar-refractivity contribution in [1.29, 1.82) is 5.26 Å². The van der Waals surface area contributed by atoms with E-state index in [1.54, 1.807) is 0 Å². The molecule has 2 N–H and O–H groups in total. The second-order valence-corrected chi connectivity index (χ2v) is 4.47. The summed E-state index contributed by atoms with van der Waals surface area (Å²) in [5.41, 5.74) is 0.542. The number of unbranched alkanes of at least 4 members (excludes halogenated alkanes) is 1. The smallest absolute Gasteiger partial charge is 0.303 e. The van der Waals surface area contributed by atoms with Gasteiger partial charge in [0.2, 0.25) is 0 Å². The second kappa shape index (κ2) is 6.97. The molecule has 0 aliphatic heterocycles. The Hall–Kier alpha value is -1.61. The predicted molar refractivity (Wildman–Crippen MR) is 68.8 cm³/mol. The summed E-state index contributed by atoms with van der Waals surface area (Å²) in [4.78, 5) is 10.3. The lowest BCUT2D eigenvalue weighted by Crippen LogP contribution is -2.05. The average Bonchev–Trinajstić information content (AvgIpc) is 2.33. The predicted octanol–water partition coefficient (Wildman–Crippen LogP) is 3.13. The van der Waals surface area contributed by atoms with E-state index in [0.717, 1.165) is 0 Å². The number of rotatable bonds is 6. The van der Waals surface area contributed by atoms with Gasteiger partial charge in [0.05, 0.1) is 15.7 Å². The van der Waals surface area contributed by atoms with Gasteiger partial charge in [0.15, 0.2) is 5.82 Å². The maximum absolute atomic E-state index is 13.7. The van der Waals surface area contributed by atoms with Crippen molar-refractivity contribution in [2.75, 3.05) is 11.9 Å². The van der Waals surface area contributed by atoms with Gasteiger partial charge in [0.1, 0.15) is 6.07 Å². The molecule has 1 aromatic carbocycles. The number of carboxylic acid groups (broad SMARTS) is 1. The van der Waals surface area contributed by atoms with E-state index in [4.69, 9.17) is 10.4 Å². The quantitative estimate of drug-likeness (QED) is 0.791. The summed E-state index contributed by atoms with van der Waals surface area (Å²) < 4.78 is 13.9. The molecule has 1 aromatic rings.